The summed E-state index contributed by atoms with van der Waals surface area (Å²) in [4.78, 5) is 14.4. The average molecular weight is 337 g/mol. The van der Waals surface area contributed by atoms with Gasteiger partial charge in [0.05, 0.1) is 16.8 Å². The van der Waals surface area contributed by atoms with Crippen molar-refractivity contribution in [1.29, 1.82) is 0 Å². The molecule has 0 saturated carbocycles. The second-order valence-electron chi connectivity index (χ2n) is 6.72. The summed E-state index contributed by atoms with van der Waals surface area (Å²) in [5.41, 5.74) is 2.74. The van der Waals surface area contributed by atoms with Crippen molar-refractivity contribution in [2.75, 3.05) is 11.9 Å². The van der Waals surface area contributed by atoms with Crippen LogP contribution in [0.3, 0.4) is 0 Å². The normalized spacial score (nSPS) is 11.2. The standard InChI is InChI=1S/C20H23N3O2/c1-13(2)9-10-17-15-11-16(19(24)12-18(15)22-21-17)20(25)23(3)14-7-5-4-6-8-14/h4-8,11-13,24H,9-10H2,1-3H3,(H,21,22). The predicted molar refractivity (Wildman–Crippen MR) is 100 cm³/mol. The van der Waals surface area contributed by atoms with Crippen LogP contribution >= 0.6 is 0 Å². The molecule has 0 atom stereocenters. The zero-order chi connectivity index (χ0) is 18.0. The molecule has 0 aliphatic rings. The second kappa shape index (κ2) is 6.97. The molecule has 1 aromatic heterocycles. The number of aryl methyl sites for hydroxylation is 1. The number of aromatic hydroxyl groups is 1. The topological polar surface area (TPSA) is 69.2 Å². The maximum absolute atomic E-state index is 12.8. The lowest BCUT2D eigenvalue weighted by atomic mass is 10.0. The van der Waals surface area contributed by atoms with Gasteiger partial charge in [-0.05, 0) is 37.0 Å². The van der Waals surface area contributed by atoms with Gasteiger partial charge in [-0.15, -0.1) is 0 Å². The SMILES string of the molecule is CC(C)CCc1n[nH]c2cc(O)c(C(=O)N(C)c3ccccc3)cc12. The summed E-state index contributed by atoms with van der Waals surface area (Å²) in [6.45, 7) is 4.34. The third kappa shape index (κ3) is 3.50. The van der Waals surface area contributed by atoms with Crippen molar-refractivity contribution in [3.63, 3.8) is 0 Å². The number of nitrogens with one attached hydrogen (secondary N) is 1. The molecule has 130 valence electrons. The number of anilines is 1. The van der Waals surface area contributed by atoms with Gasteiger partial charge in [0.1, 0.15) is 5.75 Å². The fourth-order valence-corrected chi connectivity index (χ4v) is 2.84. The number of carbonyl (C=O) groups is 1. The summed E-state index contributed by atoms with van der Waals surface area (Å²) in [7, 11) is 1.70. The molecule has 0 fully saturated rings. The Morgan fingerprint density at radius 3 is 2.64 bits per heavy atom. The molecule has 5 heteroatoms. The minimum atomic E-state index is -0.249. The highest BCUT2D eigenvalue weighted by Crippen LogP contribution is 2.28. The molecule has 0 saturated heterocycles. The van der Waals surface area contributed by atoms with Gasteiger partial charge in [-0.2, -0.15) is 5.10 Å². The lowest BCUT2D eigenvalue weighted by molar-refractivity contribution is 0.0990. The highest BCUT2D eigenvalue weighted by Gasteiger charge is 2.20. The third-order valence-corrected chi connectivity index (χ3v) is 4.40. The van der Waals surface area contributed by atoms with Crippen LogP contribution in [-0.2, 0) is 6.42 Å². The molecule has 0 aliphatic heterocycles. The van der Waals surface area contributed by atoms with Gasteiger partial charge in [0, 0.05) is 24.2 Å². The van der Waals surface area contributed by atoms with E-state index in [1.54, 1.807) is 19.2 Å². The first-order valence-electron chi connectivity index (χ1n) is 8.50. The number of hydrogen-bond donors (Lipinski definition) is 2. The number of nitrogens with zero attached hydrogens (tertiary/aromatic N) is 2. The molecule has 0 spiro atoms. The number of para-hydroxylation sites is 1. The maximum Gasteiger partial charge on any atom is 0.261 e. The van der Waals surface area contributed by atoms with E-state index in [0.717, 1.165) is 35.1 Å². The number of amides is 1. The number of H-pyrrole nitrogens is 1. The fourth-order valence-electron chi connectivity index (χ4n) is 2.84. The number of hydrogen-bond acceptors (Lipinski definition) is 3. The van der Waals surface area contributed by atoms with Crippen LogP contribution in [0.25, 0.3) is 10.9 Å². The largest absolute Gasteiger partial charge is 0.507 e. The smallest absolute Gasteiger partial charge is 0.261 e. The molecular formula is C20H23N3O2. The fraction of sp³-hybridized carbons (Fsp3) is 0.300. The van der Waals surface area contributed by atoms with Crippen LogP contribution in [-0.4, -0.2) is 28.3 Å². The first-order chi connectivity index (χ1) is 12.0. The van der Waals surface area contributed by atoms with E-state index in [2.05, 4.69) is 24.0 Å². The van der Waals surface area contributed by atoms with Gasteiger partial charge in [-0.25, -0.2) is 0 Å². The first-order valence-corrected chi connectivity index (χ1v) is 8.50. The number of rotatable bonds is 5. The van der Waals surface area contributed by atoms with E-state index in [1.165, 1.54) is 4.90 Å². The number of phenolic OH excluding ortho intramolecular Hbond substituents is 1. The van der Waals surface area contributed by atoms with Gasteiger partial charge in [-0.3, -0.25) is 9.89 Å². The molecular weight excluding hydrogens is 314 g/mol. The molecule has 0 radical (unpaired) electrons. The lowest BCUT2D eigenvalue weighted by Gasteiger charge is -2.18. The van der Waals surface area contributed by atoms with Crippen LogP contribution in [0.15, 0.2) is 42.5 Å². The quantitative estimate of drug-likeness (QED) is 0.735. The van der Waals surface area contributed by atoms with Crippen molar-refractivity contribution in [3.05, 3.63) is 53.7 Å². The van der Waals surface area contributed by atoms with Crippen LogP contribution in [0.2, 0.25) is 0 Å². The van der Waals surface area contributed by atoms with Gasteiger partial charge < -0.3 is 10.0 Å². The Hall–Kier alpha value is -2.82. The Labute approximate surface area is 147 Å². The summed E-state index contributed by atoms with van der Waals surface area (Å²) < 4.78 is 0. The van der Waals surface area contributed by atoms with Crippen LogP contribution in [0.1, 0.15) is 36.3 Å². The molecule has 2 aromatic carbocycles. The zero-order valence-corrected chi connectivity index (χ0v) is 14.8. The number of phenols is 1. The summed E-state index contributed by atoms with van der Waals surface area (Å²) in [6, 6.07) is 12.7. The molecule has 1 amide bonds. The summed E-state index contributed by atoms with van der Waals surface area (Å²) >= 11 is 0. The van der Waals surface area contributed by atoms with Crippen LogP contribution in [0, 0.1) is 5.92 Å². The van der Waals surface area contributed by atoms with Crippen molar-refractivity contribution in [2.24, 2.45) is 5.92 Å². The van der Waals surface area contributed by atoms with Gasteiger partial charge in [0.2, 0.25) is 0 Å². The molecule has 3 aromatic rings. The molecule has 0 aliphatic carbocycles. The second-order valence-corrected chi connectivity index (χ2v) is 6.72. The van der Waals surface area contributed by atoms with Gasteiger partial charge in [0.15, 0.2) is 0 Å². The molecule has 5 nitrogen and oxygen atoms in total. The predicted octanol–water partition coefficient (Wildman–Crippen LogP) is 4.13. The number of benzene rings is 2. The number of fused-ring (bicyclic) bond motifs is 1. The maximum atomic E-state index is 12.8. The average Bonchev–Trinajstić information content (AvgIpc) is 3.00. The Morgan fingerprint density at radius 1 is 1.24 bits per heavy atom. The van der Waals surface area contributed by atoms with Crippen LogP contribution < -0.4 is 4.90 Å². The Kier molecular flexibility index (Phi) is 4.74. The molecule has 2 N–H and O–H groups in total. The number of carbonyl (C=O) groups excluding carboxylic acids is 1. The van der Waals surface area contributed by atoms with E-state index in [0.29, 0.717) is 5.92 Å². The van der Waals surface area contributed by atoms with Crippen molar-refractivity contribution in [1.82, 2.24) is 10.2 Å². The van der Waals surface area contributed by atoms with Gasteiger partial charge in [-0.1, -0.05) is 32.0 Å². The molecule has 1 heterocycles. The van der Waals surface area contributed by atoms with Crippen molar-refractivity contribution in [2.45, 2.75) is 26.7 Å². The minimum absolute atomic E-state index is 0.0423. The van der Waals surface area contributed by atoms with Gasteiger partial charge in [0.25, 0.3) is 5.91 Å². The number of aromatic nitrogens is 2. The molecule has 3 rings (SSSR count). The summed E-state index contributed by atoms with van der Waals surface area (Å²) in [5, 5.41) is 18.5. The monoisotopic (exact) mass is 337 g/mol. The highest BCUT2D eigenvalue weighted by molar-refractivity contribution is 6.09. The van der Waals surface area contributed by atoms with Crippen LogP contribution in [0.4, 0.5) is 5.69 Å². The third-order valence-electron chi connectivity index (χ3n) is 4.40. The van der Waals surface area contributed by atoms with E-state index in [4.69, 9.17) is 0 Å². The molecule has 0 bridgehead atoms. The Balaban J connectivity index is 1.96. The van der Waals surface area contributed by atoms with Crippen molar-refractivity contribution >= 4 is 22.5 Å². The zero-order valence-electron chi connectivity index (χ0n) is 14.8. The van der Waals surface area contributed by atoms with Crippen molar-refractivity contribution in [3.8, 4) is 5.75 Å². The van der Waals surface area contributed by atoms with E-state index in [1.807, 2.05) is 30.3 Å². The Morgan fingerprint density at radius 2 is 1.96 bits per heavy atom. The van der Waals surface area contributed by atoms with E-state index in [-0.39, 0.29) is 17.2 Å². The summed E-state index contributed by atoms with van der Waals surface area (Å²) in [6.07, 6.45) is 1.86. The van der Waals surface area contributed by atoms with Crippen molar-refractivity contribution < 1.29 is 9.90 Å². The van der Waals surface area contributed by atoms with Crippen LogP contribution in [0.5, 0.6) is 5.75 Å². The molecule has 0 unspecified atom stereocenters. The van der Waals surface area contributed by atoms with E-state index >= 15 is 0 Å². The number of aromatic amines is 1. The van der Waals surface area contributed by atoms with E-state index in [9.17, 15) is 9.90 Å². The minimum Gasteiger partial charge on any atom is -0.507 e. The highest BCUT2D eigenvalue weighted by atomic mass is 16.3. The first kappa shape index (κ1) is 17.0. The summed E-state index contributed by atoms with van der Waals surface area (Å²) in [5.74, 6) is 0.287. The van der Waals surface area contributed by atoms with Gasteiger partial charge >= 0.3 is 0 Å². The lowest BCUT2D eigenvalue weighted by Crippen LogP contribution is -2.26. The van der Waals surface area contributed by atoms with E-state index < -0.39 is 0 Å². The molecule has 25 heavy (non-hydrogen) atoms. The Bertz CT molecular complexity index is 885.